The number of hydrogen-bond donors (Lipinski definition) is 2. The number of carbonyl (C=O) groups excluding carboxylic acids is 1. The molecule has 2 N–H and O–H groups in total. The smallest absolute Gasteiger partial charge is 0.251 e. The summed E-state index contributed by atoms with van der Waals surface area (Å²) in [5.41, 5.74) is 0.232. The third-order valence-electron chi connectivity index (χ3n) is 5.58. The maximum absolute atomic E-state index is 14.6. The molecule has 2 fully saturated rings. The summed E-state index contributed by atoms with van der Waals surface area (Å²) >= 11 is 0. The number of anilines is 1. The quantitative estimate of drug-likeness (QED) is 0.823. The lowest BCUT2D eigenvalue weighted by Gasteiger charge is -2.35. The lowest BCUT2D eigenvalue weighted by atomic mass is 9.96. The Morgan fingerprint density at radius 1 is 1.32 bits per heavy atom. The van der Waals surface area contributed by atoms with Crippen LogP contribution < -0.4 is 10.2 Å². The highest BCUT2D eigenvalue weighted by molar-refractivity contribution is 5.95. The minimum absolute atomic E-state index is 0.105. The molecule has 1 amide bonds. The van der Waals surface area contributed by atoms with E-state index in [4.69, 9.17) is 0 Å². The Labute approximate surface area is 148 Å². The van der Waals surface area contributed by atoms with Crippen molar-refractivity contribution in [2.24, 2.45) is 5.92 Å². The predicted molar refractivity (Wildman–Crippen MR) is 96.4 cm³/mol. The first-order valence-electron chi connectivity index (χ1n) is 9.17. The van der Waals surface area contributed by atoms with E-state index in [1.807, 2.05) is 11.8 Å². The summed E-state index contributed by atoms with van der Waals surface area (Å²) in [6.45, 7) is 8.32. The molecule has 1 heterocycles. The Hall–Kier alpha value is -1.66. The summed E-state index contributed by atoms with van der Waals surface area (Å²) in [5.74, 6) is -0.389. The van der Waals surface area contributed by atoms with Crippen LogP contribution in [0.25, 0.3) is 0 Å². The first-order valence-corrected chi connectivity index (χ1v) is 9.17. The number of amides is 1. The number of nitrogens with one attached hydrogen (secondary N) is 1. The zero-order valence-corrected chi connectivity index (χ0v) is 15.1. The van der Waals surface area contributed by atoms with Gasteiger partial charge in [0.2, 0.25) is 0 Å². The average Bonchev–Trinajstić information content (AvgIpc) is 3.47. The van der Waals surface area contributed by atoms with Crippen LogP contribution in [0.15, 0.2) is 18.2 Å². The van der Waals surface area contributed by atoms with Crippen LogP contribution in [0.3, 0.4) is 0 Å². The fourth-order valence-corrected chi connectivity index (χ4v) is 3.53. The van der Waals surface area contributed by atoms with Gasteiger partial charge in [-0.05, 0) is 50.4 Å². The highest BCUT2D eigenvalue weighted by Crippen LogP contribution is 2.39. The molecule has 1 aromatic rings. The van der Waals surface area contributed by atoms with Gasteiger partial charge in [0.05, 0.1) is 17.8 Å². The van der Waals surface area contributed by atoms with Crippen LogP contribution in [0.4, 0.5) is 10.1 Å². The van der Waals surface area contributed by atoms with Gasteiger partial charge in [0.1, 0.15) is 5.82 Å². The predicted octanol–water partition coefficient (Wildman–Crippen LogP) is 1.86. The number of carbonyl (C=O) groups is 1. The largest absolute Gasteiger partial charge is 0.394 e. The Balaban J connectivity index is 1.68. The van der Waals surface area contributed by atoms with E-state index in [1.165, 1.54) is 6.07 Å². The molecule has 1 unspecified atom stereocenters. The first-order chi connectivity index (χ1) is 12.0. The second-order valence-corrected chi connectivity index (χ2v) is 7.39. The molecule has 0 spiro atoms. The number of halogens is 1. The van der Waals surface area contributed by atoms with Gasteiger partial charge in [-0.1, -0.05) is 6.92 Å². The Morgan fingerprint density at radius 3 is 2.52 bits per heavy atom. The molecule has 1 aliphatic carbocycles. The number of aliphatic hydroxyl groups is 1. The molecule has 3 rings (SSSR count). The molecule has 1 aliphatic heterocycles. The number of nitrogens with zero attached hydrogens (tertiary/aromatic N) is 2. The van der Waals surface area contributed by atoms with Gasteiger partial charge in [0.25, 0.3) is 5.91 Å². The molecule has 25 heavy (non-hydrogen) atoms. The molecule has 1 atom stereocenters. The summed E-state index contributed by atoms with van der Waals surface area (Å²) in [6.07, 6.45) is 2.02. The molecular weight excluding hydrogens is 321 g/mol. The third kappa shape index (κ3) is 3.96. The second-order valence-electron chi connectivity index (χ2n) is 7.39. The average molecular weight is 349 g/mol. The van der Waals surface area contributed by atoms with E-state index < -0.39 is 5.54 Å². The van der Waals surface area contributed by atoms with Gasteiger partial charge < -0.3 is 20.2 Å². The number of piperazine rings is 1. The molecule has 0 aromatic heterocycles. The van der Waals surface area contributed by atoms with Crippen LogP contribution in [-0.4, -0.2) is 60.8 Å². The minimum atomic E-state index is -0.622. The fourth-order valence-electron chi connectivity index (χ4n) is 3.53. The zero-order valence-electron chi connectivity index (χ0n) is 15.1. The first kappa shape index (κ1) is 18.1. The highest BCUT2D eigenvalue weighted by atomic mass is 19.1. The molecular formula is C19H28FN3O2. The maximum atomic E-state index is 14.6. The molecule has 2 aliphatic rings. The van der Waals surface area contributed by atoms with Crippen molar-refractivity contribution in [3.8, 4) is 0 Å². The van der Waals surface area contributed by atoms with E-state index in [2.05, 4.69) is 17.1 Å². The molecule has 1 aromatic carbocycles. The van der Waals surface area contributed by atoms with Crippen molar-refractivity contribution >= 4 is 11.6 Å². The lowest BCUT2D eigenvalue weighted by molar-refractivity contribution is 0.0824. The van der Waals surface area contributed by atoms with Crippen molar-refractivity contribution in [1.29, 1.82) is 0 Å². The van der Waals surface area contributed by atoms with Crippen molar-refractivity contribution in [1.82, 2.24) is 10.2 Å². The molecule has 0 radical (unpaired) electrons. The van der Waals surface area contributed by atoms with Crippen molar-refractivity contribution in [3.05, 3.63) is 29.6 Å². The lowest BCUT2D eigenvalue weighted by Crippen LogP contribution is -2.50. The van der Waals surface area contributed by atoms with Gasteiger partial charge in [0.15, 0.2) is 0 Å². The fraction of sp³-hybridized carbons (Fsp3) is 0.632. The molecule has 1 saturated heterocycles. The Morgan fingerprint density at radius 2 is 2.00 bits per heavy atom. The summed E-state index contributed by atoms with van der Waals surface area (Å²) in [4.78, 5) is 16.8. The molecule has 5 nitrogen and oxygen atoms in total. The van der Waals surface area contributed by atoms with Crippen molar-refractivity contribution in [2.45, 2.75) is 32.2 Å². The van der Waals surface area contributed by atoms with Gasteiger partial charge in [-0.15, -0.1) is 0 Å². The van der Waals surface area contributed by atoms with Crippen LogP contribution >= 0.6 is 0 Å². The summed E-state index contributed by atoms with van der Waals surface area (Å²) < 4.78 is 14.6. The van der Waals surface area contributed by atoms with Crippen LogP contribution in [0, 0.1) is 11.7 Å². The van der Waals surface area contributed by atoms with E-state index in [0.717, 1.165) is 45.6 Å². The van der Waals surface area contributed by atoms with Crippen LogP contribution in [0.5, 0.6) is 0 Å². The zero-order chi connectivity index (χ0) is 18.0. The third-order valence-corrected chi connectivity index (χ3v) is 5.58. The Bertz CT molecular complexity index is 627. The topological polar surface area (TPSA) is 55.8 Å². The van der Waals surface area contributed by atoms with Crippen molar-refractivity contribution in [3.63, 3.8) is 0 Å². The Kier molecular flexibility index (Phi) is 5.29. The monoisotopic (exact) mass is 349 g/mol. The van der Waals surface area contributed by atoms with E-state index in [1.54, 1.807) is 12.1 Å². The van der Waals surface area contributed by atoms with Crippen molar-refractivity contribution in [2.75, 3.05) is 44.2 Å². The number of hydrogen-bond acceptors (Lipinski definition) is 4. The van der Waals surface area contributed by atoms with Gasteiger partial charge in [-0.3, -0.25) is 4.79 Å². The normalized spacial score (nSPS) is 21.0. The molecule has 138 valence electrons. The molecule has 6 heteroatoms. The van der Waals surface area contributed by atoms with Gasteiger partial charge in [0, 0.05) is 31.7 Å². The number of benzene rings is 1. The summed E-state index contributed by atoms with van der Waals surface area (Å²) in [6, 6.07) is 4.67. The van der Waals surface area contributed by atoms with Crippen LogP contribution in [0.2, 0.25) is 0 Å². The summed E-state index contributed by atoms with van der Waals surface area (Å²) in [5, 5.41) is 12.5. The van der Waals surface area contributed by atoms with Crippen molar-refractivity contribution < 1.29 is 14.3 Å². The van der Waals surface area contributed by atoms with Gasteiger partial charge >= 0.3 is 0 Å². The van der Waals surface area contributed by atoms with Gasteiger partial charge in [-0.25, -0.2) is 4.39 Å². The van der Waals surface area contributed by atoms with E-state index >= 15 is 0 Å². The second kappa shape index (κ2) is 7.30. The van der Waals surface area contributed by atoms with Gasteiger partial charge in [-0.2, -0.15) is 0 Å². The van der Waals surface area contributed by atoms with Crippen LogP contribution in [-0.2, 0) is 0 Å². The highest BCUT2D eigenvalue weighted by Gasteiger charge is 2.42. The SMILES string of the molecule is CCN1CCN(c2ccc(C(=O)NC(C)(CO)C3CC3)cc2F)CC1. The van der Waals surface area contributed by atoms with E-state index in [9.17, 15) is 14.3 Å². The summed E-state index contributed by atoms with van der Waals surface area (Å²) in [7, 11) is 0. The number of likely N-dealkylation sites (N-methyl/N-ethyl adjacent to an activating group) is 1. The van der Waals surface area contributed by atoms with E-state index in [0.29, 0.717) is 17.2 Å². The maximum Gasteiger partial charge on any atom is 0.251 e. The molecule has 0 bridgehead atoms. The van der Waals surface area contributed by atoms with Crippen LogP contribution in [0.1, 0.15) is 37.0 Å². The molecule has 1 saturated carbocycles. The minimum Gasteiger partial charge on any atom is -0.394 e. The number of aliphatic hydroxyl groups excluding tert-OH is 1. The standard InChI is InChI=1S/C19H28FN3O2/c1-3-22-8-10-23(11-9-22)17-7-4-14(12-16(17)20)18(25)21-19(2,13-24)15-5-6-15/h4,7,12,15,24H,3,5-6,8-11,13H2,1-2H3,(H,21,25). The van der Waals surface area contributed by atoms with E-state index in [-0.39, 0.29) is 18.3 Å². The number of rotatable bonds is 6.